The molecule has 0 bridgehead atoms. The largest absolute Gasteiger partial charge is 0.493 e. The van der Waals surface area contributed by atoms with Crippen molar-refractivity contribution in [1.29, 1.82) is 0 Å². The number of rotatable bonds is 6. The molecule has 2 fully saturated rings. The summed E-state index contributed by atoms with van der Waals surface area (Å²) in [5.41, 5.74) is 2.04. The quantitative estimate of drug-likeness (QED) is 0.782. The molecule has 0 saturated carbocycles. The topological polar surface area (TPSA) is 79.5 Å². The number of aromatic amines is 1. The normalized spacial score (nSPS) is 22.0. The molecule has 0 spiro atoms. The highest BCUT2D eigenvalue weighted by Crippen LogP contribution is 2.32. The van der Waals surface area contributed by atoms with E-state index in [2.05, 4.69) is 20.4 Å². The molecule has 4 rings (SSSR count). The summed E-state index contributed by atoms with van der Waals surface area (Å²) in [6, 6.07) is 8.00. The van der Waals surface area contributed by atoms with Crippen molar-refractivity contribution in [2.75, 3.05) is 33.9 Å². The lowest BCUT2D eigenvalue weighted by atomic mass is 9.83. The summed E-state index contributed by atoms with van der Waals surface area (Å²) in [4.78, 5) is 15.3. The van der Waals surface area contributed by atoms with Gasteiger partial charge in [0.1, 0.15) is 5.69 Å². The first-order valence-electron chi connectivity index (χ1n) is 10.5. The first-order valence-corrected chi connectivity index (χ1v) is 10.5. The molecule has 2 saturated heterocycles. The lowest BCUT2D eigenvalue weighted by Gasteiger charge is -2.44. The van der Waals surface area contributed by atoms with Gasteiger partial charge in [0.2, 0.25) is 0 Å². The van der Waals surface area contributed by atoms with Gasteiger partial charge in [0, 0.05) is 18.2 Å². The second kappa shape index (κ2) is 8.86. The van der Waals surface area contributed by atoms with Crippen molar-refractivity contribution in [3.63, 3.8) is 0 Å². The number of carbonyl (C=O) groups is 1. The third-order valence-electron chi connectivity index (χ3n) is 6.26. The SMILES string of the molecule is COc1ccc(-c2cc(C(=O)NC[C@H]3CCCN4CCCC[C@H]34)[nH]n2)cc1OC. The maximum atomic E-state index is 12.7. The molecule has 2 N–H and O–H groups in total. The van der Waals surface area contributed by atoms with Crippen LogP contribution in [0.2, 0.25) is 0 Å². The number of methoxy groups -OCH3 is 2. The number of nitrogens with zero attached hydrogens (tertiary/aromatic N) is 2. The van der Waals surface area contributed by atoms with Crippen LogP contribution < -0.4 is 14.8 Å². The van der Waals surface area contributed by atoms with E-state index in [4.69, 9.17) is 9.47 Å². The zero-order valence-electron chi connectivity index (χ0n) is 17.2. The van der Waals surface area contributed by atoms with Gasteiger partial charge in [-0.2, -0.15) is 5.10 Å². The van der Waals surface area contributed by atoms with Crippen molar-refractivity contribution in [1.82, 2.24) is 20.4 Å². The number of carbonyl (C=O) groups excluding carboxylic acids is 1. The Morgan fingerprint density at radius 2 is 1.97 bits per heavy atom. The Kier molecular flexibility index (Phi) is 6.04. The van der Waals surface area contributed by atoms with Crippen LogP contribution in [-0.4, -0.2) is 60.9 Å². The summed E-state index contributed by atoms with van der Waals surface area (Å²) in [5.74, 6) is 1.74. The molecule has 156 valence electrons. The molecule has 0 aliphatic carbocycles. The maximum absolute atomic E-state index is 12.7. The number of fused-ring (bicyclic) bond motifs is 1. The number of amides is 1. The van der Waals surface area contributed by atoms with Crippen molar-refractivity contribution < 1.29 is 14.3 Å². The van der Waals surface area contributed by atoms with Crippen molar-refractivity contribution in [3.05, 3.63) is 30.0 Å². The summed E-state index contributed by atoms with van der Waals surface area (Å²) in [7, 11) is 3.21. The summed E-state index contributed by atoms with van der Waals surface area (Å²) in [6.07, 6.45) is 6.30. The third-order valence-corrected chi connectivity index (χ3v) is 6.26. The van der Waals surface area contributed by atoms with Crippen molar-refractivity contribution in [2.45, 2.75) is 38.1 Å². The fourth-order valence-corrected chi connectivity index (χ4v) is 4.72. The van der Waals surface area contributed by atoms with Gasteiger partial charge >= 0.3 is 0 Å². The van der Waals surface area contributed by atoms with E-state index in [1.54, 1.807) is 20.3 Å². The number of benzene rings is 1. The Balaban J connectivity index is 1.40. The van der Waals surface area contributed by atoms with Crippen LogP contribution in [0.4, 0.5) is 0 Å². The van der Waals surface area contributed by atoms with E-state index in [-0.39, 0.29) is 5.91 Å². The van der Waals surface area contributed by atoms with Crippen LogP contribution in [0.15, 0.2) is 24.3 Å². The van der Waals surface area contributed by atoms with Crippen LogP contribution in [0.5, 0.6) is 11.5 Å². The number of piperidine rings is 2. The van der Waals surface area contributed by atoms with Gasteiger partial charge in [-0.25, -0.2) is 0 Å². The number of ether oxygens (including phenoxy) is 2. The zero-order valence-corrected chi connectivity index (χ0v) is 17.2. The average Bonchev–Trinajstić information content (AvgIpc) is 3.27. The lowest BCUT2D eigenvalue weighted by Crippen LogP contribution is -2.51. The highest BCUT2D eigenvalue weighted by molar-refractivity contribution is 5.93. The van der Waals surface area contributed by atoms with Gasteiger partial charge in [-0.3, -0.25) is 9.89 Å². The highest BCUT2D eigenvalue weighted by atomic mass is 16.5. The number of hydrogen-bond donors (Lipinski definition) is 2. The molecule has 7 heteroatoms. The minimum absolute atomic E-state index is 0.0999. The molecule has 2 atom stereocenters. The van der Waals surface area contributed by atoms with Crippen LogP contribution in [-0.2, 0) is 0 Å². The molecule has 1 aromatic heterocycles. The minimum Gasteiger partial charge on any atom is -0.493 e. The molecule has 29 heavy (non-hydrogen) atoms. The minimum atomic E-state index is -0.0999. The molecule has 0 radical (unpaired) electrons. The van der Waals surface area contributed by atoms with Crippen molar-refractivity contribution in [3.8, 4) is 22.8 Å². The first-order chi connectivity index (χ1) is 14.2. The van der Waals surface area contributed by atoms with E-state index < -0.39 is 0 Å². The second-order valence-electron chi connectivity index (χ2n) is 7.95. The second-order valence-corrected chi connectivity index (χ2v) is 7.95. The molecule has 2 aliphatic heterocycles. The monoisotopic (exact) mass is 398 g/mol. The van der Waals surface area contributed by atoms with Gasteiger partial charge in [0.25, 0.3) is 5.91 Å². The van der Waals surface area contributed by atoms with Crippen LogP contribution in [0, 0.1) is 5.92 Å². The zero-order chi connectivity index (χ0) is 20.2. The van der Waals surface area contributed by atoms with Crippen LogP contribution in [0.1, 0.15) is 42.6 Å². The van der Waals surface area contributed by atoms with E-state index >= 15 is 0 Å². The van der Waals surface area contributed by atoms with Crippen molar-refractivity contribution in [2.24, 2.45) is 5.92 Å². The summed E-state index contributed by atoms with van der Waals surface area (Å²) in [6.45, 7) is 3.15. The number of hydrogen-bond acceptors (Lipinski definition) is 5. The Morgan fingerprint density at radius 3 is 2.79 bits per heavy atom. The average molecular weight is 399 g/mol. The Hall–Kier alpha value is -2.54. The molecule has 2 aliphatic rings. The third kappa shape index (κ3) is 4.24. The number of aromatic nitrogens is 2. The summed E-state index contributed by atoms with van der Waals surface area (Å²) >= 11 is 0. The summed E-state index contributed by atoms with van der Waals surface area (Å²) < 4.78 is 10.6. The predicted molar refractivity (Wildman–Crippen MR) is 111 cm³/mol. The molecule has 0 unspecified atom stereocenters. The van der Waals surface area contributed by atoms with E-state index in [0.717, 1.165) is 12.1 Å². The number of nitrogens with one attached hydrogen (secondary N) is 2. The molecule has 7 nitrogen and oxygen atoms in total. The van der Waals surface area contributed by atoms with Crippen LogP contribution >= 0.6 is 0 Å². The molecule has 1 aromatic carbocycles. The van der Waals surface area contributed by atoms with Crippen LogP contribution in [0.3, 0.4) is 0 Å². The van der Waals surface area contributed by atoms with Gasteiger partial charge in [0.15, 0.2) is 11.5 Å². The van der Waals surface area contributed by atoms with Crippen molar-refractivity contribution >= 4 is 5.91 Å². The Labute approximate surface area is 171 Å². The standard InChI is InChI=1S/C22H30N4O3/c1-28-20-9-8-15(12-21(20)29-2)17-13-18(25-24-17)22(27)23-14-16-6-5-11-26-10-4-3-7-19(16)26/h8-9,12-13,16,19H,3-7,10-11,14H2,1-2H3,(H,23,27)(H,24,25)/t16-,19-/m1/s1. The van der Waals surface area contributed by atoms with Crippen LogP contribution in [0.25, 0.3) is 11.3 Å². The van der Waals surface area contributed by atoms with Gasteiger partial charge < -0.3 is 19.7 Å². The first kappa shape index (κ1) is 19.8. The van der Waals surface area contributed by atoms with E-state index in [9.17, 15) is 4.79 Å². The van der Waals surface area contributed by atoms with E-state index in [0.29, 0.717) is 34.8 Å². The number of H-pyrrole nitrogens is 1. The van der Waals surface area contributed by atoms with Gasteiger partial charge in [0.05, 0.1) is 19.9 Å². The Morgan fingerprint density at radius 1 is 1.14 bits per heavy atom. The molecule has 3 heterocycles. The van der Waals surface area contributed by atoms with E-state index in [1.165, 1.54) is 45.2 Å². The lowest BCUT2D eigenvalue weighted by molar-refractivity contribution is 0.0575. The summed E-state index contributed by atoms with van der Waals surface area (Å²) in [5, 5.41) is 10.3. The van der Waals surface area contributed by atoms with E-state index in [1.807, 2.05) is 18.2 Å². The van der Waals surface area contributed by atoms with Gasteiger partial charge in [-0.1, -0.05) is 6.42 Å². The fourth-order valence-electron chi connectivity index (χ4n) is 4.72. The van der Waals surface area contributed by atoms with Gasteiger partial charge in [-0.05, 0) is 69.0 Å². The maximum Gasteiger partial charge on any atom is 0.269 e. The highest BCUT2D eigenvalue weighted by Gasteiger charge is 2.33. The Bertz CT molecular complexity index is 848. The molecular formula is C22H30N4O3. The molecule has 2 aromatic rings. The smallest absolute Gasteiger partial charge is 0.269 e. The predicted octanol–water partition coefficient (Wildman–Crippen LogP) is 3.09. The van der Waals surface area contributed by atoms with Gasteiger partial charge in [-0.15, -0.1) is 0 Å². The molecule has 1 amide bonds. The molecular weight excluding hydrogens is 368 g/mol. The fraction of sp³-hybridized carbons (Fsp3) is 0.545.